The standard InChI is InChI=1S/C19H26N6O/c1-2-20-18(24-10-8-19(13-24)9-11-26-14-19)21-12-17-23-22-15-25(17)16-6-4-3-5-7-16/h3-7,15H,2,8-14H2,1H3,(H,20,21). The van der Waals surface area contributed by atoms with Crippen molar-refractivity contribution in [2.75, 3.05) is 32.8 Å². The number of aliphatic imine (C=N–C) groups is 1. The molecule has 2 aliphatic rings. The van der Waals surface area contributed by atoms with Gasteiger partial charge in [0, 0.05) is 37.3 Å². The van der Waals surface area contributed by atoms with E-state index in [9.17, 15) is 0 Å². The molecule has 3 heterocycles. The van der Waals surface area contributed by atoms with Crippen LogP contribution in [0.5, 0.6) is 0 Å². The van der Waals surface area contributed by atoms with E-state index in [0.29, 0.717) is 12.0 Å². The average Bonchev–Trinajstić information content (AvgIpc) is 3.42. The van der Waals surface area contributed by atoms with Crippen molar-refractivity contribution in [3.05, 3.63) is 42.5 Å². The van der Waals surface area contributed by atoms with Crippen LogP contribution in [0.1, 0.15) is 25.6 Å². The first-order chi connectivity index (χ1) is 12.8. The van der Waals surface area contributed by atoms with Gasteiger partial charge in [-0.25, -0.2) is 4.99 Å². The third-order valence-corrected chi connectivity index (χ3v) is 5.28. The normalized spacial score (nSPS) is 23.1. The van der Waals surface area contributed by atoms with Crippen LogP contribution in [0.15, 0.2) is 41.7 Å². The van der Waals surface area contributed by atoms with Gasteiger partial charge in [-0.1, -0.05) is 18.2 Å². The minimum atomic E-state index is 0.320. The van der Waals surface area contributed by atoms with Crippen molar-refractivity contribution >= 4 is 5.96 Å². The van der Waals surface area contributed by atoms with Crippen LogP contribution in [-0.4, -0.2) is 58.5 Å². The second-order valence-corrected chi connectivity index (χ2v) is 7.10. The number of benzene rings is 1. The number of nitrogens with one attached hydrogen (secondary N) is 1. The lowest BCUT2D eigenvalue weighted by Crippen LogP contribution is -2.41. The monoisotopic (exact) mass is 354 g/mol. The third-order valence-electron chi connectivity index (χ3n) is 5.28. The Labute approximate surface area is 154 Å². The summed E-state index contributed by atoms with van der Waals surface area (Å²) < 4.78 is 7.63. The van der Waals surface area contributed by atoms with Gasteiger partial charge in [0.1, 0.15) is 12.9 Å². The van der Waals surface area contributed by atoms with Crippen LogP contribution in [0.25, 0.3) is 5.69 Å². The van der Waals surface area contributed by atoms with Gasteiger partial charge < -0.3 is 15.0 Å². The van der Waals surface area contributed by atoms with Gasteiger partial charge in [-0.05, 0) is 31.9 Å². The fraction of sp³-hybridized carbons (Fsp3) is 0.526. The molecule has 1 N–H and O–H groups in total. The van der Waals surface area contributed by atoms with E-state index < -0.39 is 0 Å². The third kappa shape index (κ3) is 3.44. The van der Waals surface area contributed by atoms with E-state index in [-0.39, 0.29) is 0 Å². The highest BCUT2D eigenvalue weighted by Gasteiger charge is 2.42. The molecule has 26 heavy (non-hydrogen) atoms. The molecule has 4 rings (SSSR count). The Bertz CT molecular complexity index is 750. The molecule has 0 aliphatic carbocycles. The molecule has 1 atom stereocenters. The predicted molar refractivity (Wildman–Crippen MR) is 100 cm³/mol. The summed E-state index contributed by atoms with van der Waals surface area (Å²) in [4.78, 5) is 7.21. The number of para-hydroxylation sites is 1. The van der Waals surface area contributed by atoms with E-state index in [0.717, 1.165) is 56.7 Å². The summed E-state index contributed by atoms with van der Waals surface area (Å²) in [5.74, 6) is 1.79. The Balaban J connectivity index is 1.50. The van der Waals surface area contributed by atoms with Gasteiger partial charge in [0.15, 0.2) is 11.8 Å². The highest BCUT2D eigenvalue weighted by atomic mass is 16.5. The number of likely N-dealkylation sites (tertiary alicyclic amines) is 1. The highest BCUT2D eigenvalue weighted by molar-refractivity contribution is 5.80. The van der Waals surface area contributed by atoms with Crippen LogP contribution in [0.4, 0.5) is 0 Å². The zero-order valence-electron chi connectivity index (χ0n) is 15.3. The van der Waals surface area contributed by atoms with Gasteiger partial charge in [0.2, 0.25) is 0 Å². The number of nitrogens with zero attached hydrogens (tertiary/aromatic N) is 5. The van der Waals surface area contributed by atoms with Gasteiger partial charge >= 0.3 is 0 Å². The molecule has 0 radical (unpaired) electrons. The Morgan fingerprint density at radius 1 is 1.31 bits per heavy atom. The molecule has 2 aliphatic heterocycles. The maximum absolute atomic E-state index is 5.65. The molecule has 2 fully saturated rings. The minimum Gasteiger partial charge on any atom is -0.381 e. The molecular formula is C19H26N6O. The largest absolute Gasteiger partial charge is 0.381 e. The van der Waals surface area contributed by atoms with E-state index in [2.05, 4.69) is 27.3 Å². The van der Waals surface area contributed by atoms with Crippen LogP contribution < -0.4 is 5.32 Å². The molecule has 1 aromatic carbocycles. The molecule has 1 unspecified atom stereocenters. The molecular weight excluding hydrogens is 328 g/mol. The summed E-state index contributed by atoms with van der Waals surface area (Å²) in [6, 6.07) is 10.1. The number of ether oxygens (including phenoxy) is 1. The maximum Gasteiger partial charge on any atom is 0.194 e. The van der Waals surface area contributed by atoms with Gasteiger partial charge in [-0.15, -0.1) is 10.2 Å². The van der Waals surface area contributed by atoms with Crippen LogP contribution in [-0.2, 0) is 11.3 Å². The van der Waals surface area contributed by atoms with Gasteiger partial charge in [0.25, 0.3) is 0 Å². The lowest BCUT2D eigenvalue weighted by Gasteiger charge is -2.24. The molecule has 1 spiro atoms. The molecule has 0 saturated carbocycles. The summed E-state index contributed by atoms with van der Waals surface area (Å²) in [6.07, 6.45) is 4.08. The maximum atomic E-state index is 5.65. The number of hydrogen-bond donors (Lipinski definition) is 1. The van der Waals surface area contributed by atoms with Crippen LogP contribution >= 0.6 is 0 Å². The average molecular weight is 354 g/mol. The topological polar surface area (TPSA) is 67.6 Å². The van der Waals surface area contributed by atoms with Crippen LogP contribution in [0.2, 0.25) is 0 Å². The SMILES string of the molecule is CCNC(=NCc1nncn1-c1ccccc1)N1CCC2(CCOC2)C1. The van der Waals surface area contributed by atoms with E-state index >= 15 is 0 Å². The van der Waals surface area contributed by atoms with Crippen molar-refractivity contribution < 1.29 is 4.74 Å². The summed E-state index contributed by atoms with van der Waals surface area (Å²) in [6.45, 7) is 7.27. The van der Waals surface area contributed by atoms with Crippen LogP contribution in [0, 0.1) is 5.41 Å². The zero-order chi connectivity index (χ0) is 17.8. The van der Waals surface area contributed by atoms with Crippen molar-refractivity contribution in [1.29, 1.82) is 0 Å². The second kappa shape index (κ2) is 7.45. The van der Waals surface area contributed by atoms with Crippen molar-refractivity contribution in [3.63, 3.8) is 0 Å². The number of hydrogen-bond acceptors (Lipinski definition) is 4. The lowest BCUT2D eigenvalue weighted by atomic mass is 9.87. The Kier molecular flexibility index (Phi) is 4.88. The molecule has 7 heteroatoms. The van der Waals surface area contributed by atoms with Crippen molar-refractivity contribution in [1.82, 2.24) is 25.0 Å². The smallest absolute Gasteiger partial charge is 0.194 e. The lowest BCUT2D eigenvalue weighted by molar-refractivity contribution is 0.156. The fourth-order valence-electron chi connectivity index (χ4n) is 3.83. The van der Waals surface area contributed by atoms with E-state index in [1.807, 2.05) is 34.9 Å². The molecule has 2 saturated heterocycles. The van der Waals surface area contributed by atoms with Gasteiger partial charge in [-0.2, -0.15) is 0 Å². The first kappa shape index (κ1) is 17.0. The van der Waals surface area contributed by atoms with Gasteiger partial charge in [-0.3, -0.25) is 4.57 Å². The van der Waals surface area contributed by atoms with Crippen LogP contribution in [0.3, 0.4) is 0 Å². The quantitative estimate of drug-likeness (QED) is 0.670. The number of guanidine groups is 1. The van der Waals surface area contributed by atoms with E-state index in [1.165, 1.54) is 6.42 Å². The van der Waals surface area contributed by atoms with Crippen molar-refractivity contribution in [2.24, 2.45) is 10.4 Å². The predicted octanol–water partition coefficient (Wildman–Crippen LogP) is 1.85. The van der Waals surface area contributed by atoms with Crippen molar-refractivity contribution in [2.45, 2.75) is 26.3 Å². The molecule has 0 bridgehead atoms. The fourth-order valence-corrected chi connectivity index (χ4v) is 3.83. The molecule has 138 valence electrons. The molecule has 2 aromatic rings. The zero-order valence-corrected chi connectivity index (χ0v) is 15.3. The molecule has 1 aromatic heterocycles. The Hall–Kier alpha value is -2.41. The minimum absolute atomic E-state index is 0.320. The number of aromatic nitrogens is 3. The summed E-state index contributed by atoms with van der Waals surface area (Å²) >= 11 is 0. The van der Waals surface area contributed by atoms with Gasteiger partial charge in [0.05, 0.1) is 6.61 Å². The first-order valence-corrected chi connectivity index (χ1v) is 9.35. The number of rotatable bonds is 4. The summed E-state index contributed by atoms with van der Waals surface area (Å²) in [7, 11) is 0. The molecule has 0 amide bonds. The Morgan fingerprint density at radius 3 is 2.96 bits per heavy atom. The summed E-state index contributed by atoms with van der Waals surface area (Å²) in [5.41, 5.74) is 1.37. The van der Waals surface area contributed by atoms with E-state index in [1.54, 1.807) is 6.33 Å². The Morgan fingerprint density at radius 2 is 2.19 bits per heavy atom. The first-order valence-electron chi connectivity index (χ1n) is 9.35. The van der Waals surface area contributed by atoms with Crippen molar-refractivity contribution in [3.8, 4) is 5.69 Å². The second-order valence-electron chi connectivity index (χ2n) is 7.10. The molecule has 7 nitrogen and oxygen atoms in total. The summed E-state index contributed by atoms with van der Waals surface area (Å²) in [5, 5.41) is 11.8. The van der Waals surface area contributed by atoms with E-state index in [4.69, 9.17) is 9.73 Å². The highest BCUT2D eigenvalue weighted by Crippen LogP contribution is 2.38.